The third-order valence-corrected chi connectivity index (χ3v) is 6.69. The van der Waals surface area contributed by atoms with Gasteiger partial charge in [-0.15, -0.1) is 23.1 Å². The summed E-state index contributed by atoms with van der Waals surface area (Å²) in [5.74, 6) is -0.528. The lowest BCUT2D eigenvalue weighted by Gasteiger charge is -2.12. The number of halogens is 3. The maximum Gasteiger partial charge on any atom is 0.128 e. The Morgan fingerprint density at radius 1 is 1.07 bits per heavy atom. The molecule has 2 aromatic heterocycles. The molecule has 0 amide bonds. The van der Waals surface area contributed by atoms with Gasteiger partial charge in [0.25, 0.3) is 0 Å². The zero-order chi connectivity index (χ0) is 21.1. The average molecular weight is 455 g/mol. The monoisotopic (exact) mass is 454 g/mol. The van der Waals surface area contributed by atoms with Crippen LogP contribution in [-0.2, 0) is 5.75 Å². The van der Waals surface area contributed by atoms with Gasteiger partial charge in [-0.2, -0.15) is 5.26 Å². The fraction of sp³-hybridized carbons (Fsp3) is 0.0435. The molecule has 4 rings (SSSR count). The van der Waals surface area contributed by atoms with E-state index in [1.54, 1.807) is 24.3 Å². The van der Waals surface area contributed by atoms with Gasteiger partial charge in [-0.25, -0.2) is 13.8 Å². The molecule has 2 nitrogen and oxygen atoms in total. The minimum absolute atomic E-state index is 0.226. The number of thiophene rings is 1. The lowest BCUT2D eigenvalue weighted by atomic mass is 10.0. The van der Waals surface area contributed by atoms with Crippen LogP contribution < -0.4 is 0 Å². The van der Waals surface area contributed by atoms with Gasteiger partial charge in [-0.1, -0.05) is 35.9 Å². The minimum Gasteiger partial charge on any atom is -0.239 e. The Labute approximate surface area is 185 Å². The van der Waals surface area contributed by atoms with E-state index in [9.17, 15) is 14.0 Å². The van der Waals surface area contributed by atoms with E-state index in [2.05, 4.69) is 11.1 Å². The van der Waals surface area contributed by atoms with Crippen molar-refractivity contribution in [3.63, 3.8) is 0 Å². The zero-order valence-electron chi connectivity index (χ0n) is 15.4. The van der Waals surface area contributed by atoms with E-state index in [0.717, 1.165) is 4.88 Å². The van der Waals surface area contributed by atoms with Gasteiger partial charge in [0.1, 0.15) is 22.7 Å². The van der Waals surface area contributed by atoms with Crippen molar-refractivity contribution in [3.05, 3.63) is 93.8 Å². The molecule has 2 heterocycles. The highest BCUT2D eigenvalue weighted by Gasteiger charge is 2.18. The van der Waals surface area contributed by atoms with Crippen molar-refractivity contribution < 1.29 is 8.78 Å². The SMILES string of the molecule is N#Cc1c(-c2ccc(F)cc2)cc(-c2cccs2)nc1SCc1c(F)cccc1Cl. The van der Waals surface area contributed by atoms with Crippen LogP contribution in [-0.4, -0.2) is 4.98 Å². The molecule has 0 saturated carbocycles. The molecular weight excluding hydrogens is 442 g/mol. The topological polar surface area (TPSA) is 36.7 Å². The van der Waals surface area contributed by atoms with E-state index in [0.29, 0.717) is 38.0 Å². The first-order chi connectivity index (χ1) is 14.6. The molecular formula is C23H13ClF2N2S2. The first kappa shape index (κ1) is 20.5. The van der Waals surface area contributed by atoms with Gasteiger partial charge >= 0.3 is 0 Å². The van der Waals surface area contributed by atoms with E-state index >= 15 is 0 Å². The summed E-state index contributed by atoms with van der Waals surface area (Å²) in [6.07, 6.45) is 0. The Morgan fingerprint density at radius 3 is 2.53 bits per heavy atom. The van der Waals surface area contributed by atoms with Crippen molar-refractivity contribution in [1.29, 1.82) is 5.26 Å². The molecule has 2 aromatic carbocycles. The molecule has 7 heteroatoms. The summed E-state index contributed by atoms with van der Waals surface area (Å²) in [5.41, 5.74) is 2.78. The second kappa shape index (κ2) is 8.97. The predicted octanol–water partition coefficient (Wildman–Crippen LogP) is 7.57. The molecule has 30 heavy (non-hydrogen) atoms. The highest BCUT2D eigenvalue weighted by molar-refractivity contribution is 7.98. The summed E-state index contributed by atoms with van der Waals surface area (Å²) in [4.78, 5) is 5.61. The molecule has 0 aliphatic carbocycles. The minimum atomic E-state index is -0.401. The Kier molecular flexibility index (Phi) is 6.14. The lowest BCUT2D eigenvalue weighted by molar-refractivity contribution is 0.617. The standard InChI is InChI=1S/C23H13ClF2N2S2/c24-19-3-1-4-20(26)18(19)13-30-23-17(12-27)16(14-6-8-15(25)9-7-14)11-21(28-23)22-5-2-10-29-22/h1-11H,13H2. The van der Waals surface area contributed by atoms with Crippen LogP contribution in [0.25, 0.3) is 21.7 Å². The van der Waals surface area contributed by atoms with Crippen LogP contribution in [0.1, 0.15) is 11.1 Å². The number of hydrogen-bond acceptors (Lipinski definition) is 4. The molecule has 0 bridgehead atoms. The van der Waals surface area contributed by atoms with Gasteiger partial charge in [-0.3, -0.25) is 0 Å². The summed E-state index contributed by atoms with van der Waals surface area (Å²) in [5, 5.41) is 12.6. The number of benzene rings is 2. The molecule has 0 N–H and O–H groups in total. The molecule has 4 aromatic rings. The number of rotatable bonds is 5. The molecule has 0 fully saturated rings. The average Bonchev–Trinajstić information content (AvgIpc) is 3.28. The van der Waals surface area contributed by atoms with Gasteiger partial charge < -0.3 is 0 Å². The Hall–Kier alpha value is -2.72. The van der Waals surface area contributed by atoms with Crippen LogP contribution in [0.3, 0.4) is 0 Å². The van der Waals surface area contributed by atoms with Gasteiger partial charge in [0, 0.05) is 21.9 Å². The first-order valence-electron chi connectivity index (χ1n) is 8.87. The van der Waals surface area contributed by atoms with Gasteiger partial charge in [-0.05, 0) is 47.3 Å². The number of nitriles is 1. The fourth-order valence-electron chi connectivity index (χ4n) is 2.95. The molecule has 0 aliphatic heterocycles. The Balaban J connectivity index is 1.82. The molecule has 0 spiro atoms. The Morgan fingerprint density at radius 2 is 1.87 bits per heavy atom. The molecule has 0 aliphatic rings. The van der Waals surface area contributed by atoms with Crippen molar-refractivity contribution in [2.24, 2.45) is 0 Å². The maximum absolute atomic E-state index is 14.2. The molecule has 0 atom stereocenters. The maximum atomic E-state index is 14.2. The fourth-order valence-corrected chi connectivity index (χ4v) is 4.99. The van der Waals surface area contributed by atoms with E-state index in [-0.39, 0.29) is 11.6 Å². The molecule has 0 saturated heterocycles. The highest BCUT2D eigenvalue weighted by atomic mass is 35.5. The van der Waals surface area contributed by atoms with E-state index in [4.69, 9.17) is 11.6 Å². The van der Waals surface area contributed by atoms with Crippen LogP contribution >= 0.6 is 34.7 Å². The number of hydrogen-bond donors (Lipinski definition) is 0. The van der Waals surface area contributed by atoms with Crippen LogP contribution in [0.2, 0.25) is 5.02 Å². The summed E-state index contributed by atoms with van der Waals surface area (Å²) >= 11 is 8.93. The van der Waals surface area contributed by atoms with Crippen molar-refractivity contribution in [2.75, 3.05) is 0 Å². The van der Waals surface area contributed by atoms with Crippen molar-refractivity contribution in [3.8, 4) is 27.8 Å². The second-order valence-electron chi connectivity index (χ2n) is 6.32. The number of pyridine rings is 1. The lowest BCUT2D eigenvalue weighted by Crippen LogP contribution is -1.97. The summed E-state index contributed by atoms with van der Waals surface area (Å²) in [7, 11) is 0. The third-order valence-electron chi connectivity index (χ3n) is 4.44. The van der Waals surface area contributed by atoms with Gasteiger partial charge in [0.05, 0.1) is 16.1 Å². The number of nitrogens with zero attached hydrogens (tertiary/aromatic N) is 2. The quantitative estimate of drug-likeness (QED) is 0.292. The van der Waals surface area contributed by atoms with Crippen molar-refractivity contribution >= 4 is 34.7 Å². The molecule has 148 valence electrons. The van der Waals surface area contributed by atoms with Gasteiger partial charge in [0.15, 0.2) is 0 Å². The largest absolute Gasteiger partial charge is 0.239 e. The summed E-state index contributed by atoms with van der Waals surface area (Å²) in [6.45, 7) is 0. The van der Waals surface area contributed by atoms with Crippen molar-refractivity contribution in [1.82, 2.24) is 4.98 Å². The number of aromatic nitrogens is 1. The van der Waals surface area contributed by atoms with Crippen LogP contribution in [0.15, 0.2) is 71.1 Å². The van der Waals surface area contributed by atoms with Crippen LogP contribution in [0, 0.1) is 23.0 Å². The first-order valence-corrected chi connectivity index (χ1v) is 11.1. The molecule has 0 radical (unpaired) electrons. The Bertz CT molecular complexity index is 1210. The highest BCUT2D eigenvalue weighted by Crippen LogP contribution is 2.37. The zero-order valence-corrected chi connectivity index (χ0v) is 17.8. The van der Waals surface area contributed by atoms with E-state index in [1.807, 2.05) is 23.6 Å². The summed E-state index contributed by atoms with van der Waals surface area (Å²) < 4.78 is 27.6. The molecule has 0 unspecified atom stereocenters. The normalized spacial score (nSPS) is 10.7. The predicted molar refractivity (Wildman–Crippen MR) is 119 cm³/mol. The van der Waals surface area contributed by atoms with E-state index < -0.39 is 5.82 Å². The van der Waals surface area contributed by atoms with E-state index in [1.165, 1.54) is 41.3 Å². The van der Waals surface area contributed by atoms with Crippen LogP contribution in [0.5, 0.6) is 0 Å². The second-order valence-corrected chi connectivity index (χ2v) is 8.64. The smallest absolute Gasteiger partial charge is 0.128 e. The van der Waals surface area contributed by atoms with Crippen molar-refractivity contribution in [2.45, 2.75) is 10.8 Å². The van der Waals surface area contributed by atoms with Crippen LogP contribution in [0.4, 0.5) is 8.78 Å². The van der Waals surface area contributed by atoms with Gasteiger partial charge in [0.2, 0.25) is 0 Å². The number of thioether (sulfide) groups is 1. The summed E-state index contributed by atoms with van der Waals surface area (Å²) in [6, 6.07) is 18.4. The third kappa shape index (κ3) is 4.24.